The van der Waals surface area contributed by atoms with Gasteiger partial charge in [0.2, 0.25) is 0 Å². The van der Waals surface area contributed by atoms with Crippen molar-refractivity contribution in [3.8, 4) is 16.8 Å². The number of hydrogen-bond donors (Lipinski definition) is 0. The summed E-state index contributed by atoms with van der Waals surface area (Å²) in [6.45, 7) is 6.71. The molecule has 0 amide bonds. The fourth-order valence-electron chi connectivity index (χ4n) is 8.78. The number of hydrogen-bond acceptors (Lipinski definition) is 1. The molecule has 0 saturated heterocycles. The Kier molecular flexibility index (Phi) is 8.65. The summed E-state index contributed by atoms with van der Waals surface area (Å²) in [6.07, 6.45) is 0. The Bertz CT molecular complexity index is 2900. The molecular weight excluding hydrogens is 689 g/mol. The molecular formula is C55H40N2. The minimum absolute atomic E-state index is 0.194. The third kappa shape index (κ3) is 6.03. The zero-order valence-corrected chi connectivity index (χ0v) is 31.8. The highest BCUT2D eigenvalue weighted by Gasteiger charge is 2.29. The molecule has 0 radical (unpaired) electrons. The first-order valence-electron chi connectivity index (χ1n) is 19.6. The normalized spacial score (nSPS) is 13.0. The van der Waals surface area contributed by atoms with Crippen molar-refractivity contribution in [2.75, 3.05) is 0 Å². The van der Waals surface area contributed by atoms with E-state index in [1.54, 1.807) is 0 Å². The number of nitrogens with zero attached hydrogens (tertiary/aromatic N) is 2. The zero-order valence-electron chi connectivity index (χ0n) is 31.8. The fraction of sp³-hybridized carbons (Fsp3) is 0.0364. The molecule has 0 aliphatic heterocycles. The molecule has 0 N–H and O–H groups in total. The lowest BCUT2D eigenvalue weighted by Crippen LogP contribution is -2.08. The number of para-hydroxylation sites is 2. The van der Waals surface area contributed by atoms with Gasteiger partial charge in [0.15, 0.2) is 0 Å². The van der Waals surface area contributed by atoms with Crippen LogP contribution in [0.2, 0.25) is 0 Å². The van der Waals surface area contributed by atoms with E-state index in [0.29, 0.717) is 0 Å². The highest BCUT2D eigenvalue weighted by atomic mass is 15.0. The molecule has 0 spiro atoms. The molecule has 1 aromatic heterocycles. The lowest BCUT2D eigenvalue weighted by Gasteiger charge is -2.19. The molecule has 0 atom stereocenters. The van der Waals surface area contributed by atoms with Crippen LogP contribution in [-0.4, -0.2) is 10.3 Å². The molecule has 2 nitrogen and oxygen atoms in total. The summed E-state index contributed by atoms with van der Waals surface area (Å²) < 4.78 is 2.37. The highest BCUT2D eigenvalue weighted by molar-refractivity contribution is 6.37. The van der Waals surface area contributed by atoms with E-state index < -0.39 is 0 Å². The first-order chi connectivity index (χ1) is 28.1. The van der Waals surface area contributed by atoms with Crippen molar-refractivity contribution in [2.45, 2.75) is 12.8 Å². The van der Waals surface area contributed by atoms with Crippen molar-refractivity contribution in [2.24, 2.45) is 4.99 Å². The summed E-state index contributed by atoms with van der Waals surface area (Å²) >= 11 is 0. The van der Waals surface area contributed by atoms with Crippen molar-refractivity contribution in [3.63, 3.8) is 0 Å². The third-order valence-corrected chi connectivity index (χ3v) is 11.5. The zero-order chi connectivity index (χ0) is 38.3. The third-order valence-electron chi connectivity index (χ3n) is 11.5. The maximum absolute atomic E-state index is 5.38. The summed E-state index contributed by atoms with van der Waals surface area (Å²) in [5.41, 5.74) is 18.2. The van der Waals surface area contributed by atoms with E-state index >= 15 is 0 Å². The van der Waals surface area contributed by atoms with E-state index in [1.165, 1.54) is 49.6 Å². The Hall–Kier alpha value is -7.29. The molecule has 0 fully saturated rings. The molecule has 1 aliphatic rings. The van der Waals surface area contributed by atoms with Gasteiger partial charge in [0.25, 0.3) is 0 Å². The Morgan fingerprint density at radius 1 is 0.456 bits per heavy atom. The minimum atomic E-state index is 0.194. The largest absolute Gasteiger partial charge is 0.309 e. The highest BCUT2D eigenvalue weighted by Crippen LogP contribution is 2.48. The number of benzene rings is 8. The van der Waals surface area contributed by atoms with Crippen LogP contribution >= 0.6 is 0 Å². The summed E-state index contributed by atoms with van der Waals surface area (Å²) in [6, 6.07) is 73.9. The van der Waals surface area contributed by atoms with Gasteiger partial charge in [-0.2, -0.15) is 0 Å². The van der Waals surface area contributed by atoms with Gasteiger partial charge in [-0.3, -0.25) is 0 Å². The minimum Gasteiger partial charge on any atom is -0.309 e. The first kappa shape index (κ1) is 34.2. The second-order valence-electron chi connectivity index (χ2n) is 14.8. The second-order valence-corrected chi connectivity index (χ2v) is 14.8. The van der Waals surface area contributed by atoms with Gasteiger partial charge in [-0.25, -0.2) is 4.99 Å². The number of aromatic nitrogens is 1. The van der Waals surface area contributed by atoms with E-state index in [2.05, 4.69) is 206 Å². The summed E-state index contributed by atoms with van der Waals surface area (Å²) in [5.74, 6) is 0.194. The van der Waals surface area contributed by atoms with E-state index in [0.717, 1.165) is 50.5 Å². The topological polar surface area (TPSA) is 17.3 Å². The summed E-state index contributed by atoms with van der Waals surface area (Å²) in [7, 11) is 0. The predicted octanol–water partition coefficient (Wildman–Crippen LogP) is 14.0. The van der Waals surface area contributed by atoms with Gasteiger partial charge in [-0.1, -0.05) is 189 Å². The maximum atomic E-state index is 5.38. The monoisotopic (exact) mass is 728 g/mol. The van der Waals surface area contributed by atoms with Crippen LogP contribution in [-0.2, 0) is 0 Å². The first-order valence-corrected chi connectivity index (χ1v) is 19.6. The number of fused-ring (bicyclic) bond motifs is 6. The molecule has 9 aromatic rings. The van der Waals surface area contributed by atoms with Crippen molar-refractivity contribution < 1.29 is 0 Å². The predicted molar refractivity (Wildman–Crippen MR) is 241 cm³/mol. The molecule has 8 aromatic carbocycles. The molecule has 270 valence electrons. The summed E-state index contributed by atoms with van der Waals surface area (Å²) in [5, 5.41) is 2.50. The van der Waals surface area contributed by atoms with Crippen LogP contribution < -0.4 is 0 Å². The van der Waals surface area contributed by atoms with Crippen LogP contribution in [0.3, 0.4) is 0 Å². The van der Waals surface area contributed by atoms with Crippen LogP contribution in [0.15, 0.2) is 218 Å². The average Bonchev–Trinajstić information content (AvgIpc) is 3.80. The van der Waals surface area contributed by atoms with Gasteiger partial charge in [-0.05, 0) is 81.3 Å². The number of aliphatic imine (C=N–C) groups is 1. The van der Waals surface area contributed by atoms with Crippen LogP contribution in [0.25, 0.3) is 55.5 Å². The fourth-order valence-corrected chi connectivity index (χ4v) is 8.78. The van der Waals surface area contributed by atoms with Gasteiger partial charge in [0.05, 0.1) is 22.4 Å². The van der Waals surface area contributed by atoms with Crippen LogP contribution in [0.4, 0.5) is 0 Å². The smallest absolute Gasteiger partial charge is 0.0790 e. The molecule has 57 heavy (non-hydrogen) atoms. The SMILES string of the molecule is C=C(/N=C(\C(=C(/C)c1ccc(C2c3ccccc3-c3ccccc32)cc1)c1ccc(-n2c3ccccc3c3ccccc32)cc1)c1ccccc1)c1ccccc1. The molecule has 0 unspecified atom stereocenters. The number of allylic oxidation sites excluding steroid dienone is 2. The molecule has 0 saturated carbocycles. The Labute approximate surface area is 334 Å². The molecule has 0 bridgehead atoms. The quantitative estimate of drug-likeness (QED) is 0.109. The van der Waals surface area contributed by atoms with Gasteiger partial charge >= 0.3 is 0 Å². The summed E-state index contributed by atoms with van der Waals surface area (Å²) in [4.78, 5) is 5.38. The standard InChI is InChI=1S/C55H40N2/c1-37(39-29-31-42(32-30-39)54-49-25-11-9-21-45(49)46-22-10-12-26-50(46)54)53(55(43-19-7-4-8-20-43)56-38(2)40-17-5-3-6-18-40)41-33-35-44(36-34-41)57-51-27-15-13-23-47(51)48-24-14-16-28-52(48)57/h3-36,54H,2H2,1H3/b53-37+,56-55-. The van der Waals surface area contributed by atoms with E-state index in [9.17, 15) is 0 Å². The van der Waals surface area contributed by atoms with Crippen molar-refractivity contribution in [1.29, 1.82) is 0 Å². The Balaban J connectivity index is 1.14. The molecule has 1 aliphatic carbocycles. The van der Waals surface area contributed by atoms with Crippen LogP contribution in [0, 0.1) is 0 Å². The maximum Gasteiger partial charge on any atom is 0.0790 e. The van der Waals surface area contributed by atoms with Crippen molar-refractivity contribution in [1.82, 2.24) is 4.57 Å². The molecule has 2 heteroatoms. The number of rotatable bonds is 8. The van der Waals surface area contributed by atoms with Gasteiger partial charge in [-0.15, -0.1) is 0 Å². The van der Waals surface area contributed by atoms with Crippen molar-refractivity contribution >= 4 is 44.4 Å². The van der Waals surface area contributed by atoms with E-state index in [4.69, 9.17) is 4.99 Å². The van der Waals surface area contributed by atoms with Crippen LogP contribution in [0.1, 0.15) is 51.8 Å². The average molecular weight is 729 g/mol. The van der Waals surface area contributed by atoms with Gasteiger partial charge in [0.1, 0.15) is 0 Å². The van der Waals surface area contributed by atoms with E-state index in [1.807, 2.05) is 18.2 Å². The molecule has 1 heterocycles. The van der Waals surface area contributed by atoms with Crippen molar-refractivity contribution in [3.05, 3.63) is 252 Å². The van der Waals surface area contributed by atoms with E-state index in [-0.39, 0.29) is 5.92 Å². The van der Waals surface area contributed by atoms with Gasteiger partial charge in [0, 0.05) is 33.5 Å². The lowest BCUT2D eigenvalue weighted by atomic mass is 9.86. The van der Waals surface area contributed by atoms with Crippen LogP contribution in [0.5, 0.6) is 0 Å². The Morgan fingerprint density at radius 3 is 1.51 bits per heavy atom. The molecule has 10 rings (SSSR count). The second kappa shape index (κ2) is 14.4. The lowest BCUT2D eigenvalue weighted by molar-refractivity contribution is 1.01. The van der Waals surface area contributed by atoms with Gasteiger partial charge < -0.3 is 4.57 Å². The Morgan fingerprint density at radius 2 is 0.930 bits per heavy atom.